The van der Waals surface area contributed by atoms with Gasteiger partial charge in [0.2, 0.25) is 0 Å². The standard InChI is InChI=1S/C58H98O3/c1-37(2)13-11-15-39(5)45-21-23-47-43-19-17-41-33-57(29-31-59-51(57)35-55(41,9)49(43)25-27-53(45,47)7)61-58-30-32-60-52(58)36-56(10)42(34-58)18-20-44-48-24-22-46(40(6)16-12-14-38(3)4)54(48,8)28-26-50(44)56/h37-52H,11-36H2,1-10H3/t39-,40-,41?,42?,43?,44?,45-,46-,47?,48?,49?,50?,51?,52?,53-,54-,55+,56+,57?,58?/m1/s1. The van der Waals surface area contributed by atoms with Gasteiger partial charge in [0.15, 0.2) is 0 Å². The van der Waals surface area contributed by atoms with E-state index in [9.17, 15) is 0 Å². The zero-order chi connectivity index (χ0) is 42.7. The van der Waals surface area contributed by atoms with Crippen LogP contribution in [0.3, 0.4) is 0 Å². The molecule has 10 aliphatic rings. The summed E-state index contributed by atoms with van der Waals surface area (Å²) in [5.74, 6) is 12.5. The van der Waals surface area contributed by atoms with E-state index in [4.69, 9.17) is 14.2 Å². The molecule has 2 saturated heterocycles. The van der Waals surface area contributed by atoms with E-state index in [-0.39, 0.29) is 23.4 Å². The molecule has 0 aromatic carbocycles. The quantitative estimate of drug-likeness (QED) is 0.196. The molecule has 2 heterocycles. The lowest BCUT2D eigenvalue weighted by Gasteiger charge is -2.65. The second-order valence-electron chi connectivity index (χ2n) is 27.6. The van der Waals surface area contributed by atoms with Crippen LogP contribution in [0.1, 0.15) is 223 Å². The average Bonchev–Trinajstić information content (AvgIpc) is 3.97. The van der Waals surface area contributed by atoms with Crippen LogP contribution in [0.5, 0.6) is 0 Å². The topological polar surface area (TPSA) is 27.7 Å². The minimum absolute atomic E-state index is 0.0989. The molecule has 3 heteroatoms. The first kappa shape index (κ1) is 44.7. The normalized spacial score (nSPS) is 53.3. The van der Waals surface area contributed by atoms with Crippen molar-refractivity contribution in [1.29, 1.82) is 0 Å². The first-order valence-corrected chi connectivity index (χ1v) is 28.0. The highest BCUT2D eigenvalue weighted by molar-refractivity contribution is 5.18. The molecule has 12 unspecified atom stereocenters. The van der Waals surface area contributed by atoms with Crippen LogP contribution in [-0.2, 0) is 14.2 Å². The fraction of sp³-hybridized carbons (Fsp3) is 1.00. The molecule has 20 atom stereocenters. The third-order valence-electron chi connectivity index (χ3n) is 24.2. The minimum atomic E-state index is -0.0989. The number of fused-ring (bicyclic) bond motifs is 12. The fourth-order valence-corrected chi connectivity index (χ4v) is 21.1. The van der Waals surface area contributed by atoms with Gasteiger partial charge in [-0.1, -0.05) is 108 Å². The molecule has 10 rings (SSSR count). The predicted octanol–water partition coefficient (Wildman–Crippen LogP) is 15.5. The van der Waals surface area contributed by atoms with Gasteiger partial charge in [-0.05, 0) is 207 Å². The second kappa shape index (κ2) is 16.3. The first-order valence-electron chi connectivity index (χ1n) is 28.0. The van der Waals surface area contributed by atoms with Gasteiger partial charge in [-0.15, -0.1) is 0 Å². The molecule has 348 valence electrons. The van der Waals surface area contributed by atoms with Crippen LogP contribution in [0.4, 0.5) is 0 Å². The van der Waals surface area contributed by atoms with Crippen LogP contribution in [-0.4, -0.2) is 36.6 Å². The summed E-state index contributed by atoms with van der Waals surface area (Å²) in [5.41, 5.74) is 1.75. The molecule has 0 bridgehead atoms. The van der Waals surface area contributed by atoms with Gasteiger partial charge in [0.05, 0.1) is 23.4 Å². The smallest absolute Gasteiger partial charge is 0.0976 e. The van der Waals surface area contributed by atoms with Crippen molar-refractivity contribution < 1.29 is 14.2 Å². The van der Waals surface area contributed by atoms with Crippen molar-refractivity contribution in [1.82, 2.24) is 0 Å². The van der Waals surface area contributed by atoms with Crippen molar-refractivity contribution in [2.75, 3.05) is 13.2 Å². The van der Waals surface area contributed by atoms with E-state index >= 15 is 0 Å². The van der Waals surface area contributed by atoms with Gasteiger partial charge in [-0.3, -0.25) is 0 Å². The molecule has 0 amide bonds. The summed E-state index contributed by atoms with van der Waals surface area (Å²) >= 11 is 0. The summed E-state index contributed by atoms with van der Waals surface area (Å²) in [6, 6.07) is 0. The van der Waals surface area contributed by atoms with E-state index in [1.165, 1.54) is 141 Å². The third-order valence-corrected chi connectivity index (χ3v) is 24.2. The Hall–Kier alpha value is -0.120. The molecule has 8 aliphatic carbocycles. The summed E-state index contributed by atoms with van der Waals surface area (Å²) in [5, 5.41) is 0. The van der Waals surface area contributed by atoms with E-state index in [2.05, 4.69) is 69.2 Å². The maximum atomic E-state index is 8.11. The molecule has 8 saturated carbocycles. The Morgan fingerprint density at radius 2 is 0.852 bits per heavy atom. The highest BCUT2D eigenvalue weighted by Crippen LogP contribution is 2.73. The van der Waals surface area contributed by atoms with Crippen molar-refractivity contribution in [3.63, 3.8) is 0 Å². The van der Waals surface area contributed by atoms with Gasteiger partial charge in [0.1, 0.15) is 0 Å². The van der Waals surface area contributed by atoms with Gasteiger partial charge >= 0.3 is 0 Å². The first-order chi connectivity index (χ1) is 29.1. The molecular formula is C58H98O3. The zero-order valence-corrected chi connectivity index (χ0v) is 41.8. The summed E-state index contributed by atoms with van der Waals surface area (Å²) in [6.45, 7) is 27.9. The van der Waals surface area contributed by atoms with Crippen LogP contribution in [0.2, 0.25) is 0 Å². The van der Waals surface area contributed by atoms with Crippen molar-refractivity contribution in [3.05, 3.63) is 0 Å². The van der Waals surface area contributed by atoms with Crippen LogP contribution < -0.4 is 0 Å². The van der Waals surface area contributed by atoms with Gasteiger partial charge in [0.25, 0.3) is 0 Å². The van der Waals surface area contributed by atoms with Crippen LogP contribution in [0.15, 0.2) is 0 Å². The Balaban J connectivity index is 0.821. The third kappa shape index (κ3) is 7.12. The van der Waals surface area contributed by atoms with E-state index in [1.54, 1.807) is 0 Å². The number of ether oxygens (including phenoxy) is 3. The minimum Gasteiger partial charge on any atom is -0.375 e. The lowest BCUT2D eigenvalue weighted by molar-refractivity contribution is -0.272. The molecule has 10 fully saturated rings. The van der Waals surface area contributed by atoms with Gasteiger partial charge in [-0.25, -0.2) is 0 Å². The maximum absolute atomic E-state index is 8.11. The van der Waals surface area contributed by atoms with Crippen LogP contribution in [0, 0.1) is 105 Å². The van der Waals surface area contributed by atoms with Gasteiger partial charge in [0, 0.05) is 26.1 Å². The van der Waals surface area contributed by atoms with Crippen LogP contribution >= 0.6 is 0 Å². The summed E-state index contributed by atoms with van der Waals surface area (Å²) in [4.78, 5) is 0. The summed E-state index contributed by atoms with van der Waals surface area (Å²) in [7, 11) is 0. The number of hydrogen-bond acceptors (Lipinski definition) is 3. The molecule has 0 spiro atoms. The van der Waals surface area contributed by atoms with Crippen molar-refractivity contribution in [2.45, 2.75) is 247 Å². The van der Waals surface area contributed by atoms with E-state index in [1.807, 2.05) is 0 Å². The zero-order valence-electron chi connectivity index (χ0n) is 41.8. The highest BCUT2D eigenvalue weighted by Gasteiger charge is 2.69. The van der Waals surface area contributed by atoms with Crippen LogP contribution in [0.25, 0.3) is 0 Å². The van der Waals surface area contributed by atoms with Crippen molar-refractivity contribution in [3.8, 4) is 0 Å². The van der Waals surface area contributed by atoms with E-state index in [0.29, 0.717) is 21.7 Å². The van der Waals surface area contributed by atoms with E-state index < -0.39 is 0 Å². The Morgan fingerprint density at radius 1 is 0.443 bits per heavy atom. The van der Waals surface area contributed by atoms with Crippen molar-refractivity contribution in [2.24, 2.45) is 105 Å². The second-order valence-corrected chi connectivity index (χ2v) is 27.6. The molecule has 3 nitrogen and oxygen atoms in total. The Bertz CT molecular complexity index is 1440. The lowest BCUT2D eigenvalue weighted by Crippen LogP contribution is -2.65. The molecule has 2 aliphatic heterocycles. The summed E-state index contributed by atoms with van der Waals surface area (Å²) < 4.78 is 22.1. The molecule has 0 N–H and O–H groups in total. The summed E-state index contributed by atoms with van der Waals surface area (Å²) in [6.07, 6.45) is 34.2. The highest BCUT2D eigenvalue weighted by atomic mass is 16.6. The average molecular weight is 843 g/mol. The molecule has 0 aromatic heterocycles. The van der Waals surface area contributed by atoms with Gasteiger partial charge < -0.3 is 14.2 Å². The number of rotatable bonds is 12. The molecule has 0 aromatic rings. The largest absolute Gasteiger partial charge is 0.375 e. The number of hydrogen-bond donors (Lipinski definition) is 0. The van der Waals surface area contributed by atoms with Gasteiger partial charge in [-0.2, -0.15) is 0 Å². The Morgan fingerprint density at radius 3 is 1.26 bits per heavy atom. The molecular weight excluding hydrogens is 745 g/mol. The Labute approximate surface area is 377 Å². The fourth-order valence-electron chi connectivity index (χ4n) is 21.1. The monoisotopic (exact) mass is 843 g/mol. The molecule has 61 heavy (non-hydrogen) atoms. The van der Waals surface area contributed by atoms with E-state index in [0.717, 1.165) is 109 Å². The lowest BCUT2D eigenvalue weighted by atomic mass is 9.42. The Kier molecular flexibility index (Phi) is 11.9. The SMILES string of the molecule is CC(C)CCC[C@@H](C)[C@H]1CCC2C3CCC4CC5(OC67CCOC6C[C@@]6(C)C(CCC8C6CC[C@@]6(C)C8CC[C@@H]6[C@H](C)CCCC(C)C)C7)CCOC5C[C@]4(C)C3CC[C@@]21C. The maximum Gasteiger partial charge on any atom is 0.0976 e. The predicted molar refractivity (Wildman–Crippen MR) is 252 cm³/mol. The van der Waals surface area contributed by atoms with Crippen molar-refractivity contribution >= 4 is 0 Å². The molecule has 0 radical (unpaired) electrons.